The molecule has 0 bridgehead atoms. The summed E-state index contributed by atoms with van der Waals surface area (Å²) in [5.41, 5.74) is 3.15. The van der Waals surface area contributed by atoms with Gasteiger partial charge in [0.05, 0.1) is 6.61 Å². The third-order valence-electron chi connectivity index (χ3n) is 6.59. The van der Waals surface area contributed by atoms with E-state index in [1.807, 2.05) is 12.1 Å². The van der Waals surface area contributed by atoms with Gasteiger partial charge in [-0.05, 0) is 80.7 Å². The van der Waals surface area contributed by atoms with E-state index < -0.39 is 0 Å². The zero-order chi connectivity index (χ0) is 25.0. The van der Waals surface area contributed by atoms with Crippen molar-refractivity contribution in [1.29, 1.82) is 0 Å². The van der Waals surface area contributed by atoms with Crippen LogP contribution < -0.4 is 5.32 Å². The Labute approximate surface area is 212 Å². The molecule has 5 heteroatoms. The van der Waals surface area contributed by atoms with Crippen molar-refractivity contribution in [2.75, 3.05) is 32.9 Å². The summed E-state index contributed by atoms with van der Waals surface area (Å²) in [6.07, 6.45) is 12.1. The first-order valence-electron chi connectivity index (χ1n) is 13.6. The predicted molar refractivity (Wildman–Crippen MR) is 144 cm³/mol. The van der Waals surface area contributed by atoms with E-state index in [-0.39, 0.29) is 19.0 Å². The lowest BCUT2D eigenvalue weighted by Gasteiger charge is -2.19. The maximum absolute atomic E-state index is 9.88. The summed E-state index contributed by atoms with van der Waals surface area (Å²) in [6, 6.07) is 16.2. The highest BCUT2D eigenvalue weighted by molar-refractivity contribution is 5.37. The quantitative estimate of drug-likeness (QED) is 0.170. The van der Waals surface area contributed by atoms with Gasteiger partial charge in [-0.3, -0.25) is 0 Å². The van der Waals surface area contributed by atoms with Crippen LogP contribution in [0.2, 0.25) is 0 Å². The Morgan fingerprint density at radius 2 is 1.51 bits per heavy atom. The molecular formula is C30H47NO4. The fourth-order valence-corrected chi connectivity index (χ4v) is 4.42. The Morgan fingerprint density at radius 3 is 2.29 bits per heavy atom. The second-order valence-corrected chi connectivity index (χ2v) is 9.49. The number of nitrogens with one attached hydrogen (secondary N) is 1. The monoisotopic (exact) mass is 485 g/mol. The van der Waals surface area contributed by atoms with E-state index in [2.05, 4.69) is 35.6 Å². The van der Waals surface area contributed by atoms with Crippen molar-refractivity contribution >= 4 is 0 Å². The fourth-order valence-electron chi connectivity index (χ4n) is 4.42. The molecule has 2 aromatic carbocycles. The summed E-state index contributed by atoms with van der Waals surface area (Å²) < 4.78 is 5.79. The van der Waals surface area contributed by atoms with E-state index in [1.54, 1.807) is 6.07 Å². The molecule has 1 unspecified atom stereocenters. The molecule has 2 aromatic rings. The number of ether oxygens (including phenoxy) is 1. The molecule has 0 fully saturated rings. The molecule has 4 N–H and O–H groups in total. The molecule has 0 amide bonds. The number of aryl methyl sites for hydroxylation is 1. The summed E-state index contributed by atoms with van der Waals surface area (Å²) >= 11 is 0. The van der Waals surface area contributed by atoms with E-state index in [4.69, 9.17) is 9.84 Å². The van der Waals surface area contributed by atoms with Crippen molar-refractivity contribution in [1.82, 2.24) is 5.32 Å². The molecule has 5 nitrogen and oxygen atoms in total. The molecule has 0 aliphatic carbocycles. The third-order valence-corrected chi connectivity index (χ3v) is 6.59. The molecule has 0 aliphatic rings. The highest BCUT2D eigenvalue weighted by Crippen LogP contribution is 2.27. The molecule has 0 aromatic heterocycles. The van der Waals surface area contributed by atoms with E-state index in [1.165, 1.54) is 24.8 Å². The fraction of sp³-hybridized carbons (Fsp3) is 0.600. The number of hydrogen-bond acceptors (Lipinski definition) is 5. The van der Waals surface area contributed by atoms with E-state index in [0.29, 0.717) is 11.5 Å². The van der Waals surface area contributed by atoms with Crippen molar-refractivity contribution in [3.63, 3.8) is 0 Å². The number of aliphatic hydroxyl groups is 2. The smallest absolute Gasteiger partial charge is 0.121 e. The van der Waals surface area contributed by atoms with E-state index in [9.17, 15) is 10.2 Å². The maximum Gasteiger partial charge on any atom is 0.121 e. The number of unbranched alkanes of at least 4 members (excludes halogenated alkanes) is 6. The SMILES string of the molecule is OCCCCCC(CNCCCCCCOCCCCc1ccccc1)c1ccc(O)c(CO)c1. The van der Waals surface area contributed by atoms with Crippen LogP contribution in [0.3, 0.4) is 0 Å². The van der Waals surface area contributed by atoms with Gasteiger partial charge >= 0.3 is 0 Å². The molecule has 1 atom stereocenters. The summed E-state index contributed by atoms with van der Waals surface area (Å²) in [7, 11) is 0. The molecule has 0 saturated heterocycles. The largest absolute Gasteiger partial charge is 0.508 e. The molecular weight excluding hydrogens is 438 g/mol. The second-order valence-electron chi connectivity index (χ2n) is 9.49. The molecule has 0 radical (unpaired) electrons. The highest BCUT2D eigenvalue weighted by Gasteiger charge is 2.13. The zero-order valence-corrected chi connectivity index (χ0v) is 21.5. The van der Waals surface area contributed by atoms with E-state index in [0.717, 1.165) is 83.2 Å². The van der Waals surface area contributed by atoms with Crippen LogP contribution in [0.4, 0.5) is 0 Å². The minimum absolute atomic E-state index is 0.151. The van der Waals surface area contributed by atoms with Crippen LogP contribution in [0.1, 0.15) is 86.8 Å². The standard InChI is InChI=1S/C30H47NO4/c32-20-10-4-7-16-28(27-17-18-30(34)29(23-27)25-33)24-31-19-9-1-2-11-21-35-22-12-8-15-26-13-5-3-6-14-26/h3,5-6,13-14,17-18,23,28,31-34H,1-2,4,7-12,15-16,19-22,24-25H2. The average Bonchev–Trinajstić information content (AvgIpc) is 2.89. The van der Waals surface area contributed by atoms with Gasteiger partial charge in [-0.25, -0.2) is 0 Å². The maximum atomic E-state index is 9.88. The number of aromatic hydroxyl groups is 1. The number of hydrogen-bond donors (Lipinski definition) is 4. The van der Waals surface area contributed by atoms with Crippen LogP contribution in [0.25, 0.3) is 0 Å². The van der Waals surface area contributed by atoms with Crippen LogP contribution in [0.5, 0.6) is 5.75 Å². The summed E-state index contributed by atoms with van der Waals surface area (Å²) in [6.45, 7) is 3.71. The van der Waals surface area contributed by atoms with Gasteiger partial charge in [0.1, 0.15) is 5.75 Å². The Kier molecular flexibility index (Phi) is 16.2. The molecule has 35 heavy (non-hydrogen) atoms. The van der Waals surface area contributed by atoms with Crippen LogP contribution in [-0.4, -0.2) is 48.2 Å². The highest BCUT2D eigenvalue weighted by atomic mass is 16.5. The first-order valence-corrected chi connectivity index (χ1v) is 13.6. The lowest BCUT2D eigenvalue weighted by atomic mass is 9.91. The first kappa shape index (κ1) is 29.3. The second kappa shape index (κ2) is 19.3. The molecule has 0 aliphatic heterocycles. The minimum atomic E-state index is -0.151. The summed E-state index contributed by atoms with van der Waals surface area (Å²) in [4.78, 5) is 0. The van der Waals surface area contributed by atoms with Gasteiger partial charge in [-0.1, -0.05) is 62.1 Å². The van der Waals surface area contributed by atoms with Crippen LogP contribution in [-0.2, 0) is 17.8 Å². The topological polar surface area (TPSA) is 82.0 Å². The molecule has 0 saturated carbocycles. The van der Waals surface area contributed by atoms with Crippen molar-refractivity contribution in [2.24, 2.45) is 0 Å². The van der Waals surface area contributed by atoms with Crippen molar-refractivity contribution in [2.45, 2.75) is 83.2 Å². The molecule has 196 valence electrons. The Balaban J connectivity index is 1.52. The Morgan fingerprint density at radius 1 is 0.771 bits per heavy atom. The lowest BCUT2D eigenvalue weighted by Crippen LogP contribution is -2.23. The minimum Gasteiger partial charge on any atom is -0.508 e. The Bertz CT molecular complexity index is 768. The normalized spacial score (nSPS) is 12.2. The van der Waals surface area contributed by atoms with E-state index >= 15 is 0 Å². The summed E-state index contributed by atoms with van der Waals surface area (Å²) in [5, 5.41) is 32.0. The van der Waals surface area contributed by atoms with Crippen molar-refractivity contribution in [3.05, 3.63) is 65.2 Å². The van der Waals surface area contributed by atoms with Gasteiger partial charge in [0.15, 0.2) is 0 Å². The van der Waals surface area contributed by atoms with Crippen LogP contribution in [0, 0.1) is 0 Å². The number of benzene rings is 2. The average molecular weight is 486 g/mol. The predicted octanol–water partition coefficient (Wildman–Crippen LogP) is 5.71. The molecule has 0 heterocycles. The van der Waals surface area contributed by atoms with Gasteiger partial charge in [-0.15, -0.1) is 0 Å². The van der Waals surface area contributed by atoms with Crippen LogP contribution >= 0.6 is 0 Å². The van der Waals surface area contributed by atoms with Crippen LogP contribution in [0.15, 0.2) is 48.5 Å². The first-order chi connectivity index (χ1) is 17.2. The summed E-state index contributed by atoms with van der Waals surface area (Å²) in [5.74, 6) is 0.495. The van der Waals surface area contributed by atoms with Gasteiger partial charge in [0.2, 0.25) is 0 Å². The van der Waals surface area contributed by atoms with Gasteiger partial charge in [0, 0.05) is 31.9 Å². The zero-order valence-electron chi connectivity index (χ0n) is 21.5. The van der Waals surface area contributed by atoms with Gasteiger partial charge < -0.3 is 25.4 Å². The van der Waals surface area contributed by atoms with Crippen molar-refractivity contribution < 1.29 is 20.1 Å². The third kappa shape index (κ3) is 13.1. The molecule has 2 rings (SSSR count). The Hall–Kier alpha value is -1.92. The number of rotatable bonds is 21. The van der Waals surface area contributed by atoms with Gasteiger partial charge in [0.25, 0.3) is 0 Å². The lowest BCUT2D eigenvalue weighted by molar-refractivity contribution is 0.126. The van der Waals surface area contributed by atoms with Crippen molar-refractivity contribution in [3.8, 4) is 5.75 Å². The molecule has 0 spiro atoms. The van der Waals surface area contributed by atoms with Gasteiger partial charge in [-0.2, -0.15) is 0 Å². The number of aliphatic hydroxyl groups excluding tert-OH is 2. The number of phenols is 1.